The third-order valence-corrected chi connectivity index (χ3v) is 17.8. The van der Waals surface area contributed by atoms with Gasteiger partial charge >= 0.3 is 13.6 Å². The van der Waals surface area contributed by atoms with E-state index in [1.807, 2.05) is 0 Å². The monoisotopic (exact) mass is 614 g/mol. The molecular weight excluding hydrogens is 563 g/mol. The van der Waals surface area contributed by atoms with Crippen molar-refractivity contribution in [3.8, 4) is 0 Å². The summed E-state index contributed by atoms with van der Waals surface area (Å²) in [6.45, 7) is 18.1. The van der Waals surface area contributed by atoms with E-state index in [1.165, 1.54) is 0 Å². The van der Waals surface area contributed by atoms with Gasteiger partial charge in [-0.15, -0.1) is 0 Å². The number of epoxide rings is 1. The Morgan fingerprint density at radius 2 is 1.59 bits per heavy atom. The lowest BCUT2D eigenvalue weighted by Crippen LogP contribution is -2.69. The van der Waals surface area contributed by atoms with Gasteiger partial charge in [0.1, 0.15) is 12.3 Å². The van der Waals surface area contributed by atoms with Gasteiger partial charge in [0.15, 0.2) is 31.6 Å². The van der Waals surface area contributed by atoms with E-state index in [0.717, 1.165) is 24.6 Å². The van der Waals surface area contributed by atoms with Crippen molar-refractivity contribution < 1.29 is 41.9 Å². The summed E-state index contributed by atoms with van der Waals surface area (Å²) < 4.78 is 42.6. The van der Waals surface area contributed by atoms with Crippen molar-refractivity contribution in [3.63, 3.8) is 0 Å². The number of carbonyl (C=O) groups is 3. The number of carbonyl (C=O) groups excluding carboxylic acids is 3. The summed E-state index contributed by atoms with van der Waals surface area (Å²) in [5.41, 5.74) is -3.01. The van der Waals surface area contributed by atoms with E-state index in [-0.39, 0.29) is 42.7 Å². The lowest BCUT2D eigenvalue weighted by Gasteiger charge is -2.62. The molecule has 4 aliphatic rings. The van der Waals surface area contributed by atoms with E-state index < -0.39 is 62.6 Å². The molecule has 11 heteroatoms. The second-order valence-electron chi connectivity index (χ2n) is 13.4. The summed E-state index contributed by atoms with van der Waals surface area (Å²) in [5, 5.41) is 0. The average molecular weight is 615 g/mol. The lowest BCUT2D eigenvalue weighted by molar-refractivity contribution is -0.205. The topological polar surface area (TPSA) is 118 Å². The Hall–Kier alpha value is -0.903. The highest BCUT2D eigenvalue weighted by molar-refractivity contribution is 7.54. The smallest absolute Gasteiger partial charge is 0.341 e. The second kappa shape index (κ2) is 11.5. The molecule has 234 valence electrons. The van der Waals surface area contributed by atoms with E-state index in [0.29, 0.717) is 12.8 Å². The molecule has 3 aliphatic carbocycles. The minimum atomic E-state index is -3.70. The number of hydrogen-bond acceptors (Lipinski definition) is 9. The van der Waals surface area contributed by atoms with Gasteiger partial charge in [-0.1, -0.05) is 34.6 Å². The Labute approximate surface area is 246 Å². The summed E-state index contributed by atoms with van der Waals surface area (Å²) in [6, 6.07) is 3.13. The first-order valence-electron chi connectivity index (χ1n) is 15.6. The van der Waals surface area contributed by atoms with Gasteiger partial charge in [-0.25, -0.2) is 0 Å². The molecule has 4 rings (SSSR count). The van der Waals surface area contributed by atoms with Crippen LogP contribution in [0.15, 0.2) is 0 Å². The molecule has 0 amide bonds. The van der Waals surface area contributed by atoms with E-state index >= 15 is 0 Å². The quantitative estimate of drug-likeness (QED) is 0.114. The molecule has 9 atom stereocenters. The highest BCUT2D eigenvalue weighted by atomic mass is 31.2. The second-order valence-corrected chi connectivity index (χ2v) is 20.2. The fourth-order valence-corrected chi connectivity index (χ4v) is 13.2. The van der Waals surface area contributed by atoms with Crippen LogP contribution in [0.1, 0.15) is 81.6 Å². The van der Waals surface area contributed by atoms with Crippen molar-refractivity contribution >= 4 is 33.4 Å². The van der Waals surface area contributed by atoms with Crippen LogP contribution in [0.2, 0.25) is 18.1 Å². The van der Waals surface area contributed by atoms with Crippen molar-refractivity contribution in [1.82, 2.24) is 0 Å². The highest BCUT2D eigenvalue weighted by Gasteiger charge is 2.79. The van der Waals surface area contributed by atoms with Gasteiger partial charge in [-0.3, -0.25) is 18.9 Å². The molecule has 0 aromatic carbocycles. The van der Waals surface area contributed by atoms with Gasteiger partial charge in [-0.2, -0.15) is 0 Å². The maximum Gasteiger partial charge on any atom is 0.341 e. The molecule has 0 N–H and O–H groups in total. The molecule has 9 nitrogen and oxygen atoms in total. The number of rotatable bonds is 12. The maximum absolute atomic E-state index is 14.2. The third-order valence-electron chi connectivity index (χ3n) is 11.1. The zero-order chi connectivity index (χ0) is 30.6. The van der Waals surface area contributed by atoms with Crippen LogP contribution < -0.4 is 0 Å². The minimum absolute atomic E-state index is 0.0146. The van der Waals surface area contributed by atoms with Gasteiger partial charge < -0.3 is 22.9 Å². The number of Topliss-reactive ketones (excluding diaryl/α,β-unsaturated/α-hetero) is 2. The molecule has 7 unspecified atom stereocenters. The largest absolute Gasteiger partial charge is 0.461 e. The molecule has 41 heavy (non-hydrogen) atoms. The van der Waals surface area contributed by atoms with Crippen molar-refractivity contribution in [2.45, 2.75) is 124 Å². The summed E-state index contributed by atoms with van der Waals surface area (Å²) in [4.78, 5) is 41.7. The molecule has 4 fully saturated rings. The van der Waals surface area contributed by atoms with Crippen LogP contribution in [-0.4, -0.2) is 69.1 Å². The Balaban J connectivity index is 1.70. The van der Waals surface area contributed by atoms with Crippen LogP contribution in [0.4, 0.5) is 0 Å². The molecule has 1 saturated heterocycles. The number of ether oxygens (including phenoxy) is 2. The predicted octanol–water partition coefficient (Wildman–Crippen LogP) is 5.94. The molecule has 0 aromatic rings. The molecule has 0 aromatic heterocycles. The van der Waals surface area contributed by atoms with Gasteiger partial charge in [0.25, 0.3) is 0 Å². The van der Waals surface area contributed by atoms with Crippen LogP contribution in [0.25, 0.3) is 0 Å². The summed E-state index contributed by atoms with van der Waals surface area (Å²) in [6.07, 6.45) is -0.163. The number of esters is 1. The van der Waals surface area contributed by atoms with E-state index in [4.69, 9.17) is 22.9 Å². The molecule has 0 spiro atoms. The molecule has 1 aliphatic heterocycles. The Morgan fingerprint density at radius 3 is 2.12 bits per heavy atom. The number of ketones is 2. The Bertz CT molecular complexity index is 1080. The molecule has 1 heterocycles. The van der Waals surface area contributed by atoms with Crippen molar-refractivity contribution in [1.29, 1.82) is 0 Å². The lowest BCUT2D eigenvalue weighted by atomic mass is 9.41. The first kappa shape index (κ1) is 33.0. The number of hydrogen-bond donors (Lipinski definition) is 0. The van der Waals surface area contributed by atoms with Crippen LogP contribution in [0.3, 0.4) is 0 Å². The average Bonchev–Trinajstić information content (AvgIpc) is 3.60. The van der Waals surface area contributed by atoms with Crippen LogP contribution >= 0.6 is 7.60 Å². The molecule has 0 bridgehead atoms. The van der Waals surface area contributed by atoms with E-state index in [9.17, 15) is 18.9 Å². The zero-order valence-corrected chi connectivity index (χ0v) is 28.3. The molecule has 0 radical (unpaired) electrons. The normalized spacial score (nSPS) is 40.4. The molecule has 3 saturated carbocycles. The highest BCUT2D eigenvalue weighted by Crippen LogP contribution is 2.68. The Morgan fingerprint density at radius 1 is 1.00 bits per heavy atom. The van der Waals surface area contributed by atoms with E-state index in [2.05, 4.69) is 34.6 Å². The molecular formula is C30H51O9PSi. The minimum Gasteiger partial charge on any atom is -0.461 e. The fourth-order valence-electron chi connectivity index (χ4n) is 8.92. The van der Waals surface area contributed by atoms with Crippen molar-refractivity contribution in [2.75, 3.05) is 19.4 Å². The summed E-state index contributed by atoms with van der Waals surface area (Å²) in [5.74, 6) is -1.47. The zero-order valence-electron chi connectivity index (χ0n) is 26.4. The number of fused-ring (bicyclic) bond motifs is 4. The third kappa shape index (κ3) is 5.37. The SMILES string of the molecule is CCOP(=O)(CC(=O)OC1CC2C(C)CC(O[Si](CC)(CC)CC)CC2(C)C2C(=O)[C@@H]3O[C@]3(C)C(=O)C12C)OCC. The van der Waals surface area contributed by atoms with Crippen LogP contribution in [0.5, 0.6) is 0 Å². The van der Waals surface area contributed by atoms with Crippen molar-refractivity contribution in [3.05, 3.63) is 0 Å². The van der Waals surface area contributed by atoms with Gasteiger partial charge in [0.05, 0.1) is 18.6 Å². The fraction of sp³-hybridized carbons (Fsp3) is 0.900. The van der Waals surface area contributed by atoms with Crippen LogP contribution in [-0.2, 0) is 41.9 Å². The van der Waals surface area contributed by atoms with Crippen molar-refractivity contribution in [2.24, 2.45) is 28.6 Å². The van der Waals surface area contributed by atoms with Gasteiger partial charge in [-0.05, 0) is 82.3 Å². The van der Waals surface area contributed by atoms with Gasteiger partial charge in [0.2, 0.25) is 0 Å². The summed E-state index contributed by atoms with van der Waals surface area (Å²) >= 11 is 0. The first-order chi connectivity index (χ1) is 19.1. The standard InChI is InChI=1S/C30H51O9PSi/c1-10-35-40(34,36-11-2)18-23(31)37-22-16-21-19(6)15-20(39-41(12-3,13-4)14-5)17-28(21,7)25-24(32)26-30(9,38-26)27(33)29(22,25)8/h19-22,25-26H,10-18H2,1-9H3/t19?,20?,21?,22?,25?,26-,28?,29?,30-/m0/s1. The van der Waals surface area contributed by atoms with Gasteiger partial charge in [0, 0.05) is 12.0 Å². The van der Waals surface area contributed by atoms with Crippen LogP contribution in [0, 0.1) is 28.6 Å². The Kier molecular flexibility index (Phi) is 9.29. The van der Waals surface area contributed by atoms with E-state index in [1.54, 1.807) is 27.7 Å². The predicted molar refractivity (Wildman–Crippen MR) is 157 cm³/mol. The maximum atomic E-state index is 14.2. The summed E-state index contributed by atoms with van der Waals surface area (Å²) in [7, 11) is -5.60. The first-order valence-corrected chi connectivity index (χ1v) is 19.9.